The van der Waals surface area contributed by atoms with Crippen molar-refractivity contribution in [3.8, 4) is 0 Å². The second-order valence-corrected chi connectivity index (χ2v) is 6.87. The molecule has 2 rings (SSSR count). The first-order valence-electron chi connectivity index (χ1n) is 7.62. The number of benzene rings is 1. The van der Waals surface area contributed by atoms with Crippen LogP contribution in [0.25, 0.3) is 0 Å². The van der Waals surface area contributed by atoms with Gasteiger partial charge in [-0.2, -0.15) is 0 Å². The summed E-state index contributed by atoms with van der Waals surface area (Å²) in [5, 5.41) is 3.68. The normalized spacial score (nSPS) is 17.2. The summed E-state index contributed by atoms with van der Waals surface area (Å²) in [6.07, 6.45) is 1.55. The minimum atomic E-state index is -0.254. The summed E-state index contributed by atoms with van der Waals surface area (Å²) in [5.74, 6) is 0.0156. The van der Waals surface area contributed by atoms with Gasteiger partial charge in [-0.05, 0) is 31.0 Å². The summed E-state index contributed by atoms with van der Waals surface area (Å²) >= 11 is 9.56. The number of hydrogen-bond donors (Lipinski definition) is 1. The third-order valence-electron chi connectivity index (χ3n) is 3.70. The molecule has 1 fully saturated rings. The summed E-state index contributed by atoms with van der Waals surface area (Å²) in [7, 11) is 0. The summed E-state index contributed by atoms with van der Waals surface area (Å²) in [6.45, 7) is 5.30. The number of hydrogen-bond acceptors (Lipinski definition) is 3. The minimum absolute atomic E-state index is 0.0156. The zero-order valence-corrected chi connectivity index (χ0v) is 14.9. The lowest BCUT2D eigenvalue weighted by Gasteiger charge is -2.26. The number of amides is 1. The maximum Gasteiger partial charge on any atom is 0.234 e. The van der Waals surface area contributed by atoms with E-state index in [1.54, 1.807) is 0 Å². The van der Waals surface area contributed by atoms with E-state index >= 15 is 0 Å². The number of rotatable bonds is 7. The summed E-state index contributed by atoms with van der Waals surface area (Å²) in [4.78, 5) is 14.2. The second-order valence-electron chi connectivity index (χ2n) is 5.36. The van der Waals surface area contributed by atoms with E-state index in [9.17, 15) is 4.79 Å². The zero-order valence-electron chi connectivity index (χ0n) is 12.6. The molecule has 1 aliphatic rings. The zero-order chi connectivity index (χ0) is 15.8. The van der Waals surface area contributed by atoms with Gasteiger partial charge in [0.05, 0.1) is 18.0 Å². The number of halogens is 2. The Labute approximate surface area is 145 Å². The lowest BCUT2D eigenvalue weighted by molar-refractivity contribution is -0.120. The third kappa shape index (κ3) is 5.88. The molecule has 1 heterocycles. The first-order valence-corrected chi connectivity index (χ1v) is 8.91. The number of nitrogens with one attached hydrogen (secondary N) is 1. The van der Waals surface area contributed by atoms with Crippen LogP contribution < -0.4 is 5.32 Å². The first-order chi connectivity index (χ1) is 10.7. The molecule has 0 bridgehead atoms. The van der Waals surface area contributed by atoms with E-state index in [2.05, 4.69) is 26.1 Å². The molecule has 0 aromatic heterocycles. The van der Waals surface area contributed by atoms with Gasteiger partial charge in [0.15, 0.2) is 0 Å². The van der Waals surface area contributed by atoms with Gasteiger partial charge in [-0.15, -0.1) is 0 Å². The van der Waals surface area contributed by atoms with Gasteiger partial charge >= 0.3 is 0 Å². The van der Waals surface area contributed by atoms with Crippen LogP contribution in [-0.4, -0.2) is 55.0 Å². The van der Waals surface area contributed by atoms with Gasteiger partial charge in [0.1, 0.15) is 0 Å². The second kappa shape index (κ2) is 9.50. The maximum atomic E-state index is 12.1. The van der Waals surface area contributed by atoms with E-state index in [0.717, 1.165) is 44.8 Å². The van der Waals surface area contributed by atoms with Crippen LogP contribution in [0.5, 0.6) is 0 Å². The van der Waals surface area contributed by atoms with Crippen LogP contribution in [0.3, 0.4) is 0 Å². The van der Waals surface area contributed by atoms with E-state index in [4.69, 9.17) is 16.3 Å². The van der Waals surface area contributed by atoms with Gasteiger partial charge in [0, 0.05) is 24.7 Å². The third-order valence-corrected chi connectivity index (χ3v) is 4.80. The fraction of sp³-hybridized carbons (Fsp3) is 0.562. The largest absolute Gasteiger partial charge is 0.379 e. The standard InChI is InChI=1S/C16H22BrClN2O2/c17-14(12-13-4-1-2-5-15(13)18)16(21)19-6-3-7-20-8-10-22-11-9-20/h1-2,4-5,14H,3,6-12H2,(H,19,21). The molecule has 122 valence electrons. The van der Waals surface area contributed by atoms with Gasteiger partial charge < -0.3 is 10.1 Å². The minimum Gasteiger partial charge on any atom is -0.379 e. The Bertz CT molecular complexity index is 481. The van der Waals surface area contributed by atoms with Gasteiger partial charge in [-0.3, -0.25) is 9.69 Å². The fourth-order valence-electron chi connectivity index (χ4n) is 2.40. The predicted octanol–water partition coefficient (Wildman–Crippen LogP) is 2.48. The lowest BCUT2D eigenvalue weighted by atomic mass is 10.1. The number of carbonyl (C=O) groups excluding carboxylic acids is 1. The monoisotopic (exact) mass is 388 g/mol. The van der Waals surface area contributed by atoms with Crippen molar-refractivity contribution in [2.75, 3.05) is 39.4 Å². The Balaban J connectivity index is 1.65. The number of alkyl halides is 1. The molecule has 22 heavy (non-hydrogen) atoms. The molecule has 1 unspecified atom stereocenters. The van der Waals surface area contributed by atoms with Gasteiger partial charge in [-0.1, -0.05) is 45.7 Å². The molecular formula is C16H22BrClN2O2. The average Bonchev–Trinajstić information content (AvgIpc) is 2.54. The lowest BCUT2D eigenvalue weighted by Crippen LogP contribution is -2.39. The van der Waals surface area contributed by atoms with Crippen LogP contribution in [-0.2, 0) is 16.0 Å². The molecule has 1 aromatic carbocycles. The van der Waals surface area contributed by atoms with Gasteiger partial charge in [-0.25, -0.2) is 0 Å². The molecule has 1 N–H and O–H groups in total. The summed E-state index contributed by atoms with van der Waals surface area (Å²) in [6, 6.07) is 7.61. The van der Waals surface area contributed by atoms with E-state index in [1.165, 1.54) is 0 Å². The van der Waals surface area contributed by atoms with Crippen molar-refractivity contribution < 1.29 is 9.53 Å². The number of carbonyl (C=O) groups is 1. The molecule has 0 spiro atoms. The van der Waals surface area contributed by atoms with Crippen molar-refractivity contribution in [1.29, 1.82) is 0 Å². The highest BCUT2D eigenvalue weighted by molar-refractivity contribution is 9.10. The summed E-state index contributed by atoms with van der Waals surface area (Å²) in [5.41, 5.74) is 0.981. The Morgan fingerprint density at radius 1 is 1.36 bits per heavy atom. The topological polar surface area (TPSA) is 41.6 Å². The van der Waals surface area contributed by atoms with E-state index in [0.29, 0.717) is 18.0 Å². The fourth-order valence-corrected chi connectivity index (χ4v) is 3.12. The molecule has 1 saturated heterocycles. The SMILES string of the molecule is O=C(NCCCN1CCOCC1)C(Br)Cc1ccccc1Cl. The van der Waals surface area contributed by atoms with Crippen LogP contribution in [0.15, 0.2) is 24.3 Å². The molecule has 1 aromatic rings. The molecule has 0 saturated carbocycles. The molecule has 4 nitrogen and oxygen atoms in total. The highest BCUT2D eigenvalue weighted by Crippen LogP contribution is 2.19. The Morgan fingerprint density at radius 3 is 2.82 bits per heavy atom. The van der Waals surface area contributed by atoms with Crippen molar-refractivity contribution in [2.24, 2.45) is 0 Å². The van der Waals surface area contributed by atoms with Crippen molar-refractivity contribution in [3.05, 3.63) is 34.9 Å². The van der Waals surface area contributed by atoms with Crippen molar-refractivity contribution in [2.45, 2.75) is 17.7 Å². The predicted molar refractivity (Wildman–Crippen MR) is 92.8 cm³/mol. The van der Waals surface area contributed by atoms with Crippen LogP contribution in [0.2, 0.25) is 5.02 Å². The van der Waals surface area contributed by atoms with Gasteiger partial charge in [0.2, 0.25) is 5.91 Å². The van der Waals surface area contributed by atoms with E-state index < -0.39 is 0 Å². The van der Waals surface area contributed by atoms with Crippen molar-refractivity contribution in [1.82, 2.24) is 10.2 Å². The van der Waals surface area contributed by atoms with Crippen molar-refractivity contribution >= 4 is 33.4 Å². The smallest absolute Gasteiger partial charge is 0.234 e. The molecule has 1 atom stereocenters. The Kier molecular flexibility index (Phi) is 7.66. The Hall–Kier alpha value is -0.620. The van der Waals surface area contributed by atoms with E-state index in [1.807, 2.05) is 24.3 Å². The maximum absolute atomic E-state index is 12.1. The first kappa shape index (κ1) is 17.7. The number of ether oxygens (including phenoxy) is 1. The Morgan fingerprint density at radius 2 is 2.09 bits per heavy atom. The van der Waals surface area contributed by atoms with Crippen molar-refractivity contribution in [3.63, 3.8) is 0 Å². The summed E-state index contributed by atoms with van der Waals surface area (Å²) < 4.78 is 5.31. The van der Waals surface area contributed by atoms with Crippen LogP contribution in [0.1, 0.15) is 12.0 Å². The highest BCUT2D eigenvalue weighted by Gasteiger charge is 2.16. The molecule has 1 aliphatic heterocycles. The van der Waals surface area contributed by atoms with Crippen LogP contribution in [0, 0.1) is 0 Å². The molecule has 0 radical (unpaired) electrons. The average molecular weight is 390 g/mol. The molecule has 6 heteroatoms. The number of nitrogens with zero attached hydrogens (tertiary/aromatic N) is 1. The van der Waals surface area contributed by atoms with Crippen LogP contribution in [0.4, 0.5) is 0 Å². The van der Waals surface area contributed by atoms with E-state index in [-0.39, 0.29) is 10.7 Å². The number of morpholine rings is 1. The molecule has 1 amide bonds. The van der Waals surface area contributed by atoms with Gasteiger partial charge in [0.25, 0.3) is 0 Å². The van der Waals surface area contributed by atoms with Crippen LogP contribution >= 0.6 is 27.5 Å². The quantitative estimate of drug-likeness (QED) is 0.575. The molecule has 0 aliphatic carbocycles. The molecular weight excluding hydrogens is 368 g/mol. The highest BCUT2D eigenvalue weighted by atomic mass is 79.9.